The van der Waals surface area contributed by atoms with E-state index in [2.05, 4.69) is 0 Å². The van der Waals surface area contributed by atoms with Crippen molar-refractivity contribution >= 4 is 12.3 Å². The fraction of sp³-hybridized carbons (Fsp3) is 0.714. The second-order valence-electron chi connectivity index (χ2n) is 2.35. The molecule has 0 fully saturated rings. The Morgan fingerprint density at radius 2 is 2.20 bits per heavy atom. The number of aliphatic carboxylic acids is 1. The second kappa shape index (κ2) is 4.04. The molecular formula is C7H12O3. The summed E-state index contributed by atoms with van der Waals surface area (Å²) in [5, 5.41) is 8.52. The van der Waals surface area contributed by atoms with E-state index in [1.807, 2.05) is 0 Å². The van der Waals surface area contributed by atoms with Gasteiger partial charge in [-0.1, -0.05) is 13.8 Å². The van der Waals surface area contributed by atoms with Crippen LogP contribution in [0.1, 0.15) is 20.3 Å². The Balaban J connectivity index is 4.05. The van der Waals surface area contributed by atoms with Crippen molar-refractivity contribution in [1.82, 2.24) is 0 Å². The molecule has 0 amide bonds. The first-order valence-electron chi connectivity index (χ1n) is 3.31. The van der Waals surface area contributed by atoms with Crippen molar-refractivity contribution in [3.05, 3.63) is 0 Å². The summed E-state index contributed by atoms with van der Waals surface area (Å²) in [5.74, 6) is -1.78. The average molecular weight is 144 g/mol. The molecule has 0 aliphatic heterocycles. The first-order valence-corrected chi connectivity index (χ1v) is 3.31. The van der Waals surface area contributed by atoms with Gasteiger partial charge in [0.25, 0.3) is 0 Å². The van der Waals surface area contributed by atoms with Crippen molar-refractivity contribution in [2.45, 2.75) is 20.3 Å². The van der Waals surface area contributed by atoms with Crippen LogP contribution in [0.4, 0.5) is 0 Å². The van der Waals surface area contributed by atoms with Crippen molar-refractivity contribution in [2.24, 2.45) is 11.8 Å². The molecule has 0 heterocycles. The van der Waals surface area contributed by atoms with Gasteiger partial charge in [-0.05, 0) is 6.42 Å². The van der Waals surface area contributed by atoms with Gasteiger partial charge in [0.15, 0.2) is 0 Å². The van der Waals surface area contributed by atoms with Crippen molar-refractivity contribution in [3.63, 3.8) is 0 Å². The van der Waals surface area contributed by atoms with Gasteiger partial charge in [0.1, 0.15) is 6.29 Å². The van der Waals surface area contributed by atoms with E-state index in [9.17, 15) is 9.59 Å². The van der Waals surface area contributed by atoms with Crippen LogP contribution in [0.5, 0.6) is 0 Å². The SMILES string of the molecule is CCC(C(=O)O)C(C)C=O. The van der Waals surface area contributed by atoms with E-state index < -0.39 is 11.9 Å². The number of carboxylic acids is 1. The van der Waals surface area contributed by atoms with Crippen LogP contribution in [0, 0.1) is 11.8 Å². The Morgan fingerprint density at radius 1 is 1.70 bits per heavy atom. The van der Waals surface area contributed by atoms with Crippen LogP contribution >= 0.6 is 0 Å². The number of rotatable bonds is 4. The molecule has 0 aromatic heterocycles. The van der Waals surface area contributed by atoms with Gasteiger partial charge < -0.3 is 9.90 Å². The molecule has 58 valence electrons. The Morgan fingerprint density at radius 3 is 2.30 bits per heavy atom. The summed E-state index contributed by atoms with van der Waals surface area (Å²) in [6, 6.07) is 0. The molecule has 2 unspecified atom stereocenters. The number of carboxylic acid groups (broad SMARTS) is 1. The van der Waals surface area contributed by atoms with E-state index in [0.29, 0.717) is 12.7 Å². The molecule has 0 aliphatic carbocycles. The minimum atomic E-state index is -0.887. The third-order valence-electron chi connectivity index (χ3n) is 1.61. The monoisotopic (exact) mass is 144 g/mol. The topological polar surface area (TPSA) is 54.4 Å². The van der Waals surface area contributed by atoms with Gasteiger partial charge >= 0.3 is 5.97 Å². The highest BCUT2D eigenvalue weighted by Gasteiger charge is 2.21. The van der Waals surface area contributed by atoms with Crippen molar-refractivity contribution in [1.29, 1.82) is 0 Å². The Bertz CT molecular complexity index is 131. The van der Waals surface area contributed by atoms with Gasteiger partial charge in [0.2, 0.25) is 0 Å². The molecular weight excluding hydrogens is 132 g/mol. The summed E-state index contributed by atoms with van der Waals surface area (Å²) in [6.45, 7) is 3.38. The lowest BCUT2D eigenvalue weighted by atomic mass is 9.93. The maximum atomic E-state index is 10.4. The van der Waals surface area contributed by atoms with Gasteiger partial charge in [0, 0.05) is 5.92 Å². The van der Waals surface area contributed by atoms with Gasteiger partial charge in [-0.3, -0.25) is 4.79 Å². The molecule has 0 aromatic carbocycles. The fourth-order valence-electron chi connectivity index (χ4n) is 0.866. The second-order valence-corrected chi connectivity index (χ2v) is 2.35. The minimum absolute atomic E-state index is 0.373. The third kappa shape index (κ3) is 2.17. The van der Waals surface area contributed by atoms with Crippen molar-refractivity contribution in [2.75, 3.05) is 0 Å². The summed E-state index contributed by atoms with van der Waals surface area (Å²) < 4.78 is 0. The van der Waals surface area contributed by atoms with Gasteiger partial charge in [0.05, 0.1) is 5.92 Å². The summed E-state index contributed by atoms with van der Waals surface area (Å²) >= 11 is 0. The molecule has 10 heavy (non-hydrogen) atoms. The van der Waals surface area contributed by atoms with Crippen LogP contribution in [-0.4, -0.2) is 17.4 Å². The smallest absolute Gasteiger partial charge is 0.307 e. The lowest BCUT2D eigenvalue weighted by Crippen LogP contribution is -2.21. The molecule has 3 nitrogen and oxygen atoms in total. The van der Waals surface area contributed by atoms with E-state index >= 15 is 0 Å². The molecule has 2 atom stereocenters. The van der Waals surface area contributed by atoms with E-state index in [-0.39, 0.29) is 5.92 Å². The predicted molar refractivity (Wildman–Crippen MR) is 36.6 cm³/mol. The average Bonchev–Trinajstić information content (AvgIpc) is 1.88. The number of carbonyl (C=O) groups excluding carboxylic acids is 1. The highest BCUT2D eigenvalue weighted by molar-refractivity contribution is 5.74. The van der Waals surface area contributed by atoms with Crippen LogP contribution in [0.15, 0.2) is 0 Å². The molecule has 0 saturated carbocycles. The van der Waals surface area contributed by atoms with Crippen LogP contribution < -0.4 is 0 Å². The van der Waals surface area contributed by atoms with Gasteiger partial charge in [-0.2, -0.15) is 0 Å². The number of carbonyl (C=O) groups is 2. The molecule has 0 bridgehead atoms. The van der Waals surface area contributed by atoms with Crippen LogP contribution in [0.3, 0.4) is 0 Å². The lowest BCUT2D eigenvalue weighted by Gasteiger charge is -2.11. The molecule has 1 N–H and O–H groups in total. The minimum Gasteiger partial charge on any atom is -0.481 e. The summed E-state index contributed by atoms with van der Waals surface area (Å²) in [7, 11) is 0. The largest absolute Gasteiger partial charge is 0.481 e. The first-order chi connectivity index (χ1) is 4.63. The van der Waals surface area contributed by atoms with E-state index in [4.69, 9.17) is 5.11 Å². The molecule has 0 saturated heterocycles. The summed E-state index contributed by atoms with van der Waals surface area (Å²) in [5.41, 5.74) is 0. The molecule has 0 spiro atoms. The maximum absolute atomic E-state index is 10.4. The predicted octanol–water partition coefficient (Wildman–Crippen LogP) is 0.932. The number of aldehydes is 1. The van der Waals surface area contributed by atoms with Gasteiger partial charge in [-0.25, -0.2) is 0 Å². The zero-order chi connectivity index (χ0) is 8.15. The Hall–Kier alpha value is -0.860. The van der Waals surface area contributed by atoms with Gasteiger partial charge in [-0.15, -0.1) is 0 Å². The maximum Gasteiger partial charge on any atom is 0.307 e. The fourth-order valence-corrected chi connectivity index (χ4v) is 0.866. The van der Waals surface area contributed by atoms with Crippen LogP contribution in [0.25, 0.3) is 0 Å². The van der Waals surface area contributed by atoms with Crippen molar-refractivity contribution in [3.8, 4) is 0 Å². The van der Waals surface area contributed by atoms with Crippen LogP contribution in [0.2, 0.25) is 0 Å². The number of hydrogen-bond donors (Lipinski definition) is 1. The first kappa shape index (κ1) is 9.14. The highest BCUT2D eigenvalue weighted by atomic mass is 16.4. The molecule has 0 aromatic rings. The summed E-state index contributed by atoms with van der Waals surface area (Å²) in [4.78, 5) is 20.5. The van der Waals surface area contributed by atoms with E-state index in [1.54, 1.807) is 13.8 Å². The molecule has 3 heteroatoms. The van der Waals surface area contributed by atoms with Crippen LogP contribution in [-0.2, 0) is 9.59 Å². The van der Waals surface area contributed by atoms with Crippen molar-refractivity contribution < 1.29 is 14.7 Å². The zero-order valence-corrected chi connectivity index (χ0v) is 6.20. The molecule has 0 radical (unpaired) electrons. The van der Waals surface area contributed by atoms with E-state index in [0.717, 1.165) is 0 Å². The molecule has 0 rings (SSSR count). The summed E-state index contributed by atoms with van der Waals surface area (Å²) in [6.07, 6.45) is 1.19. The Kier molecular flexibility index (Phi) is 3.69. The van der Waals surface area contributed by atoms with E-state index in [1.165, 1.54) is 0 Å². The standard InChI is InChI=1S/C7H12O3/c1-3-6(7(9)10)5(2)4-8/h4-6H,3H2,1-2H3,(H,9,10). The molecule has 0 aliphatic rings. The lowest BCUT2D eigenvalue weighted by molar-refractivity contribution is -0.144. The number of hydrogen-bond acceptors (Lipinski definition) is 2. The third-order valence-corrected chi connectivity index (χ3v) is 1.61. The zero-order valence-electron chi connectivity index (χ0n) is 6.20. The quantitative estimate of drug-likeness (QED) is 0.597. The normalized spacial score (nSPS) is 15.8. The highest BCUT2D eigenvalue weighted by Crippen LogP contribution is 2.12. The Labute approximate surface area is 60.0 Å².